The van der Waals surface area contributed by atoms with Gasteiger partial charge in [-0.05, 0) is 12.2 Å². The molecule has 2 unspecified atom stereocenters. The summed E-state index contributed by atoms with van der Waals surface area (Å²) >= 11 is 0. The number of hydrogen-bond acceptors (Lipinski definition) is 18. The standard InChI is InChI=1S/C21H29N7O15P2/c22-17-12-19(25-6-24-17)28(7-26-12)21-16(33)14(31)10(42-21)5-40-45(37,38)43-44(35,36)39-4-9-13(30)15(32)20(41-9)27-3-8(18(23)34)1-2-11(27)29/h1-3,6-7,9-11,13-16,20-21,29-33H,4-5H2,(H2,23,34)(H,35,36)(H,37,38)(H2,22,24,25)/t9-,10-,11-,13-,14-,15-,16-,20-,21-/m1/s1. The van der Waals surface area contributed by atoms with Crippen molar-refractivity contribution in [3.63, 3.8) is 0 Å². The molecule has 11 atom stereocenters. The third-order valence-electron chi connectivity index (χ3n) is 6.97. The normalized spacial score (nSPS) is 34.5. The summed E-state index contributed by atoms with van der Waals surface area (Å²) in [6, 6.07) is 0. The molecule has 0 spiro atoms. The molecule has 2 aromatic heterocycles. The zero-order valence-electron chi connectivity index (χ0n) is 22.7. The van der Waals surface area contributed by atoms with E-state index in [1.54, 1.807) is 0 Å². The second-order valence-corrected chi connectivity index (χ2v) is 13.0. The molecule has 248 valence electrons. The largest absolute Gasteiger partial charge is 0.481 e. The average Bonchev–Trinajstić information content (AvgIpc) is 3.61. The van der Waals surface area contributed by atoms with Crippen molar-refractivity contribution in [1.29, 1.82) is 0 Å². The number of nitrogen functional groups attached to an aromatic ring is 1. The predicted octanol–water partition coefficient (Wildman–Crippen LogP) is -3.72. The van der Waals surface area contributed by atoms with Gasteiger partial charge in [-0.25, -0.2) is 24.1 Å². The lowest BCUT2D eigenvalue weighted by Gasteiger charge is -2.34. The smallest absolute Gasteiger partial charge is 0.387 e. The minimum Gasteiger partial charge on any atom is -0.387 e. The maximum absolute atomic E-state index is 12.4. The summed E-state index contributed by atoms with van der Waals surface area (Å²) in [5.74, 6) is -0.817. The number of nitrogens with zero attached hydrogens (tertiary/aromatic N) is 5. The van der Waals surface area contributed by atoms with Gasteiger partial charge < -0.3 is 61.2 Å². The van der Waals surface area contributed by atoms with Crippen molar-refractivity contribution in [3.8, 4) is 0 Å². The van der Waals surface area contributed by atoms with Crippen LogP contribution in [0.4, 0.5) is 5.82 Å². The van der Waals surface area contributed by atoms with E-state index in [1.807, 2.05) is 0 Å². The summed E-state index contributed by atoms with van der Waals surface area (Å²) in [4.78, 5) is 44.3. The zero-order chi connectivity index (χ0) is 32.8. The van der Waals surface area contributed by atoms with Gasteiger partial charge in [-0.2, -0.15) is 4.31 Å². The quantitative estimate of drug-likeness (QED) is 0.103. The van der Waals surface area contributed by atoms with Crippen molar-refractivity contribution >= 4 is 38.5 Å². The number of hydrogen-bond donors (Lipinski definition) is 9. The van der Waals surface area contributed by atoms with Crippen molar-refractivity contribution in [2.75, 3.05) is 18.9 Å². The van der Waals surface area contributed by atoms with Crippen LogP contribution in [0.25, 0.3) is 11.2 Å². The first kappa shape index (κ1) is 33.4. The van der Waals surface area contributed by atoms with Gasteiger partial charge in [0.25, 0.3) is 0 Å². The molecule has 5 rings (SSSR count). The van der Waals surface area contributed by atoms with Crippen LogP contribution in [0.2, 0.25) is 0 Å². The highest BCUT2D eigenvalue weighted by Crippen LogP contribution is 2.60. The predicted molar refractivity (Wildman–Crippen MR) is 143 cm³/mol. The fourth-order valence-electron chi connectivity index (χ4n) is 4.72. The van der Waals surface area contributed by atoms with Gasteiger partial charge in [0, 0.05) is 6.20 Å². The number of aromatic nitrogens is 4. The van der Waals surface area contributed by atoms with Gasteiger partial charge in [0.2, 0.25) is 5.91 Å². The lowest BCUT2D eigenvalue weighted by atomic mass is 10.1. The number of aliphatic hydroxyl groups excluding tert-OH is 5. The van der Waals surface area contributed by atoms with Gasteiger partial charge in [-0.1, -0.05) is 0 Å². The Labute approximate surface area is 251 Å². The molecule has 2 fully saturated rings. The molecular formula is C21H29N7O15P2. The molecule has 3 aliphatic heterocycles. The monoisotopic (exact) mass is 681 g/mol. The number of anilines is 1. The molecule has 1 amide bonds. The average molecular weight is 681 g/mol. The first-order valence-electron chi connectivity index (χ1n) is 12.9. The first-order valence-corrected chi connectivity index (χ1v) is 15.8. The van der Waals surface area contributed by atoms with Crippen LogP contribution in [-0.2, 0) is 36.8 Å². The Morgan fingerprint density at radius 2 is 1.49 bits per heavy atom. The number of nitrogens with two attached hydrogens (primary N) is 2. The van der Waals surface area contributed by atoms with Gasteiger partial charge in [0.15, 0.2) is 23.9 Å². The van der Waals surface area contributed by atoms with E-state index in [0.29, 0.717) is 0 Å². The summed E-state index contributed by atoms with van der Waals surface area (Å²) in [5.41, 5.74) is 11.2. The highest BCUT2D eigenvalue weighted by atomic mass is 31.3. The number of phosphoric ester groups is 2. The molecule has 11 N–H and O–H groups in total. The van der Waals surface area contributed by atoms with Crippen LogP contribution in [0.5, 0.6) is 0 Å². The third kappa shape index (κ3) is 6.94. The van der Waals surface area contributed by atoms with Crippen molar-refractivity contribution in [2.45, 2.75) is 55.3 Å². The van der Waals surface area contributed by atoms with Gasteiger partial charge in [0.1, 0.15) is 54.7 Å². The number of primary amides is 1. The maximum atomic E-state index is 12.4. The van der Waals surface area contributed by atoms with E-state index >= 15 is 0 Å². The second-order valence-electron chi connectivity index (χ2n) is 9.95. The van der Waals surface area contributed by atoms with E-state index in [2.05, 4.69) is 23.8 Å². The summed E-state index contributed by atoms with van der Waals surface area (Å²) in [6.07, 6.45) is -8.11. The number of amides is 1. The van der Waals surface area contributed by atoms with Crippen molar-refractivity contribution in [3.05, 3.63) is 36.6 Å². The molecule has 0 aliphatic carbocycles. The van der Waals surface area contributed by atoms with Crippen LogP contribution in [0.3, 0.4) is 0 Å². The Balaban J connectivity index is 1.15. The number of fused-ring (bicyclic) bond motifs is 1. The molecule has 0 saturated carbocycles. The third-order valence-corrected chi connectivity index (χ3v) is 9.57. The maximum Gasteiger partial charge on any atom is 0.481 e. The summed E-state index contributed by atoms with van der Waals surface area (Å²) < 4.78 is 50.7. The van der Waals surface area contributed by atoms with E-state index in [9.17, 15) is 49.2 Å². The topological polar surface area (TPSA) is 338 Å². The van der Waals surface area contributed by atoms with Crippen LogP contribution in [0.15, 0.2) is 36.6 Å². The molecule has 5 heterocycles. The van der Waals surface area contributed by atoms with Gasteiger partial charge in [-0.15, -0.1) is 0 Å². The fraction of sp³-hybridized carbons (Fsp3) is 0.524. The zero-order valence-corrected chi connectivity index (χ0v) is 24.5. The molecule has 2 aromatic rings. The van der Waals surface area contributed by atoms with Crippen LogP contribution < -0.4 is 11.5 Å². The summed E-state index contributed by atoms with van der Waals surface area (Å²) in [5, 5.41) is 51.9. The van der Waals surface area contributed by atoms with Crippen molar-refractivity contribution in [1.82, 2.24) is 24.4 Å². The Hall–Kier alpha value is -2.92. The van der Waals surface area contributed by atoms with Gasteiger partial charge >= 0.3 is 15.6 Å². The van der Waals surface area contributed by atoms with Gasteiger partial charge in [-0.3, -0.25) is 18.4 Å². The first-order chi connectivity index (χ1) is 21.1. The molecule has 0 aromatic carbocycles. The number of phosphoric acid groups is 2. The van der Waals surface area contributed by atoms with E-state index in [1.165, 1.54) is 17.0 Å². The van der Waals surface area contributed by atoms with E-state index in [4.69, 9.17) is 25.5 Å². The summed E-state index contributed by atoms with van der Waals surface area (Å²) in [7, 11) is -10.8. The molecule has 3 aliphatic rings. The molecule has 22 nitrogen and oxygen atoms in total. The van der Waals surface area contributed by atoms with Crippen molar-refractivity contribution < 1.29 is 72.1 Å². The molecule has 0 bridgehead atoms. The van der Waals surface area contributed by atoms with Gasteiger partial charge in [0.05, 0.1) is 25.1 Å². The minimum absolute atomic E-state index is 0.0415. The van der Waals surface area contributed by atoms with Crippen molar-refractivity contribution in [2.24, 2.45) is 5.73 Å². The minimum atomic E-state index is -5.42. The number of ether oxygens (including phenoxy) is 2. The van der Waals surface area contributed by atoms with E-state index < -0.39 is 90.1 Å². The molecule has 2 saturated heterocycles. The SMILES string of the molecule is NC(=O)C1=CN([C@@H]2O[C@H](COP(=O)(O)OP(=O)(O)OC[C@H]3O[C@@H](n4cnc5c(N)ncnc54)[C@H](O)[C@@H]3O)[C@@H](O)[C@H]2O)[C@H](O)C=C1. The number of imidazole rings is 1. The Morgan fingerprint density at radius 3 is 2.09 bits per heavy atom. The highest BCUT2D eigenvalue weighted by Gasteiger charge is 2.49. The van der Waals surface area contributed by atoms with E-state index in [-0.39, 0.29) is 22.6 Å². The lowest BCUT2D eigenvalue weighted by molar-refractivity contribution is -0.122. The van der Waals surface area contributed by atoms with E-state index in [0.717, 1.165) is 23.5 Å². The second kappa shape index (κ2) is 12.7. The fourth-order valence-corrected chi connectivity index (χ4v) is 6.81. The molecule has 45 heavy (non-hydrogen) atoms. The number of carbonyl (C=O) groups excluding carboxylic acids is 1. The number of aliphatic hydroxyl groups is 5. The van der Waals surface area contributed by atoms with Crippen LogP contribution in [-0.4, -0.2) is 128 Å². The van der Waals surface area contributed by atoms with Crippen LogP contribution in [0, 0.1) is 0 Å². The Bertz CT molecular complexity index is 1590. The summed E-state index contributed by atoms with van der Waals surface area (Å²) in [6.45, 7) is -1.89. The Morgan fingerprint density at radius 1 is 0.911 bits per heavy atom. The van der Waals surface area contributed by atoms with Crippen LogP contribution in [0.1, 0.15) is 6.23 Å². The van der Waals surface area contributed by atoms with Crippen LogP contribution >= 0.6 is 15.6 Å². The molecule has 24 heteroatoms. The number of rotatable bonds is 11. The highest BCUT2D eigenvalue weighted by molar-refractivity contribution is 7.61. The Kier molecular flexibility index (Phi) is 9.44. The lowest BCUT2D eigenvalue weighted by Crippen LogP contribution is -2.47. The molecule has 0 radical (unpaired) electrons. The number of carbonyl (C=O) groups is 1. The molecular weight excluding hydrogens is 652 g/mol.